The lowest BCUT2D eigenvalue weighted by Gasteiger charge is -2.13. The van der Waals surface area contributed by atoms with E-state index in [4.69, 9.17) is 14.6 Å². The van der Waals surface area contributed by atoms with Crippen LogP contribution in [-0.4, -0.2) is 35.9 Å². The summed E-state index contributed by atoms with van der Waals surface area (Å²) in [5.41, 5.74) is 1.30. The molecule has 0 aliphatic heterocycles. The molecule has 0 aliphatic carbocycles. The molecular formula is C13H17NO4. The van der Waals surface area contributed by atoms with Crippen molar-refractivity contribution in [3.8, 4) is 5.75 Å². The number of aryl methyl sites for hydroxylation is 1. The van der Waals surface area contributed by atoms with Crippen molar-refractivity contribution in [3.05, 3.63) is 29.6 Å². The maximum absolute atomic E-state index is 10.5. The summed E-state index contributed by atoms with van der Waals surface area (Å²) >= 11 is 0. The van der Waals surface area contributed by atoms with Gasteiger partial charge >= 0.3 is 5.97 Å². The molecule has 0 fully saturated rings. The summed E-state index contributed by atoms with van der Waals surface area (Å²) in [5, 5.41) is 8.62. The molecule has 1 rings (SSSR count). The van der Waals surface area contributed by atoms with Crippen molar-refractivity contribution in [2.24, 2.45) is 0 Å². The number of carboxylic acids is 1. The lowest BCUT2D eigenvalue weighted by molar-refractivity contribution is -0.131. The predicted octanol–water partition coefficient (Wildman–Crippen LogP) is 1.90. The van der Waals surface area contributed by atoms with E-state index < -0.39 is 5.97 Å². The second kappa shape index (κ2) is 6.76. The van der Waals surface area contributed by atoms with E-state index in [9.17, 15) is 4.79 Å². The zero-order chi connectivity index (χ0) is 13.5. The van der Waals surface area contributed by atoms with Crippen LogP contribution in [0.2, 0.25) is 0 Å². The quantitative estimate of drug-likeness (QED) is 0.782. The average molecular weight is 251 g/mol. The van der Waals surface area contributed by atoms with Gasteiger partial charge in [-0.25, -0.2) is 9.78 Å². The molecule has 1 unspecified atom stereocenters. The summed E-state index contributed by atoms with van der Waals surface area (Å²) in [7, 11) is 1.60. The third-order valence-corrected chi connectivity index (χ3v) is 2.28. The number of hydrogen-bond donors (Lipinski definition) is 1. The molecule has 0 spiro atoms. The first-order valence-corrected chi connectivity index (χ1v) is 5.57. The zero-order valence-electron chi connectivity index (χ0n) is 10.7. The van der Waals surface area contributed by atoms with E-state index in [1.165, 1.54) is 6.08 Å². The molecule has 0 aromatic carbocycles. The molecule has 1 aromatic heterocycles. The number of aromatic nitrogens is 1. The Morgan fingerprint density at radius 2 is 2.28 bits per heavy atom. The van der Waals surface area contributed by atoms with E-state index in [0.29, 0.717) is 18.1 Å². The fourth-order valence-electron chi connectivity index (χ4n) is 1.23. The van der Waals surface area contributed by atoms with Gasteiger partial charge in [0.25, 0.3) is 0 Å². The summed E-state index contributed by atoms with van der Waals surface area (Å²) in [4.78, 5) is 14.7. The van der Waals surface area contributed by atoms with Crippen molar-refractivity contribution in [1.29, 1.82) is 0 Å². The molecule has 0 saturated heterocycles. The molecule has 0 aliphatic rings. The van der Waals surface area contributed by atoms with Crippen molar-refractivity contribution >= 4 is 12.0 Å². The SMILES string of the molecule is COC(C)COc1ccc(C)nc1/C=C/C(=O)O. The Kier molecular flexibility index (Phi) is 5.32. The Hall–Kier alpha value is -1.88. The number of rotatable bonds is 6. The molecule has 5 nitrogen and oxygen atoms in total. The highest BCUT2D eigenvalue weighted by Gasteiger charge is 2.06. The molecule has 0 bridgehead atoms. The smallest absolute Gasteiger partial charge is 0.328 e. The fraction of sp³-hybridized carbons (Fsp3) is 0.385. The van der Waals surface area contributed by atoms with E-state index in [1.807, 2.05) is 19.9 Å². The summed E-state index contributed by atoms with van der Waals surface area (Å²) in [6.45, 7) is 4.10. The number of methoxy groups -OCH3 is 1. The first-order chi connectivity index (χ1) is 8.52. The minimum Gasteiger partial charge on any atom is -0.489 e. The highest BCUT2D eigenvalue weighted by atomic mass is 16.5. The molecule has 0 amide bonds. The van der Waals surface area contributed by atoms with Gasteiger partial charge in [0.05, 0.1) is 6.10 Å². The monoisotopic (exact) mass is 251 g/mol. The average Bonchev–Trinajstić information content (AvgIpc) is 2.34. The maximum Gasteiger partial charge on any atom is 0.328 e. The van der Waals surface area contributed by atoms with Gasteiger partial charge in [-0.05, 0) is 32.1 Å². The van der Waals surface area contributed by atoms with Crippen LogP contribution in [0, 0.1) is 6.92 Å². The van der Waals surface area contributed by atoms with Crippen LogP contribution < -0.4 is 4.74 Å². The third-order valence-electron chi connectivity index (χ3n) is 2.28. The van der Waals surface area contributed by atoms with Gasteiger partial charge < -0.3 is 14.6 Å². The summed E-state index contributed by atoms with van der Waals surface area (Å²) < 4.78 is 10.6. The van der Waals surface area contributed by atoms with Gasteiger partial charge in [0, 0.05) is 18.9 Å². The number of nitrogens with zero attached hydrogens (tertiary/aromatic N) is 1. The van der Waals surface area contributed by atoms with Crippen LogP contribution >= 0.6 is 0 Å². The molecule has 18 heavy (non-hydrogen) atoms. The van der Waals surface area contributed by atoms with Crippen molar-refractivity contribution in [2.75, 3.05) is 13.7 Å². The van der Waals surface area contributed by atoms with Gasteiger partial charge in [0.2, 0.25) is 0 Å². The van der Waals surface area contributed by atoms with Crippen LogP contribution in [0.5, 0.6) is 5.75 Å². The number of pyridine rings is 1. The van der Waals surface area contributed by atoms with E-state index in [0.717, 1.165) is 11.8 Å². The minimum atomic E-state index is -1.02. The first kappa shape index (κ1) is 14.2. The van der Waals surface area contributed by atoms with Gasteiger partial charge in [0.15, 0.2) is 0 Å². The number of ether oxygens (including phenoxy) is 2. The largest absolute Gasteiger partial charge is 0.489 e. The summed E-state index contributed by atoms with van der Waals surface area (Å²) in [6, 6.07) is 3.58. The van der Waals surface area contributed by atoms with E-state index in [-0.39, 0.29) is 6.10 Å². The number of carboxylic acid groups (broad SMARTS) is 1. The van der Waals surface area contributed by atoms with Crippen LogP contribution in [0.25, 0.3) is 6.08 Å². The molecule has 1 atom stereocenters. The maximum atomic E-state index is 10.5. The normalized spacial score (nSPS) is 12.6. The van der Waals surface area contributed by atoms with Crippen molar-refractivity contribution < 1.29 is 19.4 Å². The third kappa shape index (κ3) is 4.55. The Balaban J connectivity index is 2.86. The Labute approximate surface area is 106 Å². The van der Waals surface area contributed by atoms with Crippen molar-refractivity contribution in [1.82, 2.24) is 4.98 Å². The van der Waals surface area contributed by atoms with Crippen molar-refractivity contribution in [2.45, 2.75) is 20.0 Å². The lowest BCUT2D eigenvalue weighted by atomic mass is 10.2. The molecule has 1 N–H and O–H groups in total. The van der Waals surface area contributed by atoms with E-state index >= 15 is 0 Å². The standard InChI is InChI=1S/C13H17NO4/c1-9-4-6-12(18-8-10(2)17-3)11(14-9)5-7-13(15)16/h4-7,10H,8H2,1-3H3,(H,15,16)/b7-5+. The molecule has 0 radical (unpaired) electrons. The molecule has 98 valence electrons. The summed E-state index contributed by atoms with van der Waals surface area (Å²) in [5.74, 6) is -0.475. The molecule has 5 heteroatoms. The van der Waals surface area contributed by atoms with Gasteiger partial charge in [-0.15, -0.1) is 0 Å². The van der Waals surface area contributed by atoms with Crippen LogP contribution in [0.3, 0.4) is 0 Å². The first-order valence-electron chi connectivity index (χ1n) is 5.57. The van der Waals surface area contributed by atoms with Gasteiger partial charge in [0.1, 0.15) is 18.1 Å². The van der Waals surface area contributed by atoms with Gasteiger partial charge in [-0.1, -0.05) is 0 Å². The molecular weight excluding hydrogens is 234 g/mol. The second-order valence-corrected chi connectivity index (χ2v) is 3.86. The Bertz CT molecular complexity index is 443. The second-order valence-electron chi connectivity index (χ2n) is 3.86. The highest BCUT2D eigenvalue weighted by molar-refractivity contribution is 5.85. The molecule has 0 saturated carbocycles. The Morgan fingerprint density at radius 3 is 2.89 bits per heavy atom. The number of carbonyl (C=O) groups is 1. The minimum absolute atomic E-state index is 0.0393. The predicted molar refractivity (Wildman–Crippen MR) is 67.6 cm³/mol. The van der Waals surface area contributed by atoms with Crippen LogP contribution in [-0.2, 0) is 9.53 Å². The van der Waals surface area contributed by atoms with Crippen LogP contribution in [0.4, 0.5) is 0 Å². The van der Waals surface area contributed by atoms with Crippen LogP contribution in [0.1, 0.15) is 18.3 Å². The van der Waals surface area contributed by atoms with Gasteiger partial charge in [-0.2, -0.15) is 0 Å². The molecule has 1 aromatic rings. The molecule has 1 heterocycles. The van der Waals surface area contributed by atoms with Crippen LogP contribution in [0.15, 0.2) is 18.2 Å². The van der Waals surface area contributed by atoms with E-state index in [2.05, 4.69) is 4.98 Å². The fourth-order valence-corrected chi connectivity index (χ4v) is 1.23. The lowest BCUT2D eigenvalue weighted by Crippen LogP contribution is -2.16. The Morgan fingerprint density at radius 1 is 1.56 bits per heavy atom. The number of hydrogen-bond acceptors (Lipinski definition) is 4. The zero-order valence-corrected chi connectivity index (χ0v) is 10.7. The van der Waals surface area contributed by atoms with Gasteiger partial charge in [-0.3, -0.25) is 0 Å². The number of aliphatic carboxylic acids is 1. The van der Waals surface area contributed by atoms with E-state index in [1.54, 1.807) is 13.2 Å². The van der Waals surface area contributed by atoms with Crippen molar-refractivity contribution in [3.63, 3.8) is 0 Å². The topological polar surface area (TPSA) is 68.7 Å². The summed E-state index contributed by atoms with van der Waals surface area (Å²) in [6.07, 6.45) is 2.42. The highest BCUT2D eigenvalue weighted by Crippen LogP contribution is 2.18.